The first-order chi connectivity index (χ1) is 9.85. The molecule has 0 aromatic heterocycles. The van der Waals surface area contributed by atoms with Gasteiger partial charge in [0.15, 0.2) is 0 Å². The number of hydrogen-bond acceptors (Lipinski definition) is 3. The van der Waals surface area contributed by atoms with E-state index in [0.29, 0.717) is 6.10 Å². The molecule has 1 saturated heterocycles. The molecular formula is C17H33NO2. The van der Waals surface area contributed by atoms with Gasteiger partial charge in [-0.3, -0.25) is 5.32 Å². The van der Waals surface area contributed by atoms with Crippen LogP contribution in [0.4, 0.5) is 0 Å². The van der Waals surface area contributed by atoms with Gasteiger partial charge in [0.1, 0.15) is 6.23 Å². The number of nitrogens with one attached hydrogen (secondary N) is 1. The maximum atomic E-state index is 6.42. The topological polar surface area (TPSA) is 30.5 Å². The van der Waals surface area contributed by atoms with Gasteiger partial charge < -0.3 is 9.47 Å². The Hall–Kier alpha value is -0.120. The van der Waals surface area contributed by atoms with E-state index in [2.05, 4.69) is 12.2 Å². The van der Waals surface area contributed by atoms with Crippen molar-refractivity contribution in [3.8, 4) is 0 Å². The first-order valence-corrected chi connectivity index (χ1v) is 8.76. The number of morpholine rings is 1. The van der Waals surface area contributed by atoms with Crippen molar-refractivity contribution in [3.05, 3.63) is 0 Å². The Bertz CT molecular complexity index is 249. The maximum absolute atomic E-state index is 6.42. The first-order valence-electron chi connectivity index (χ1n) is 8.76. The van der Waals surface area contributed by atoms with Crippen molar-refractivity contribution in [3.63, 3.8) is 0 Å². The lowest BCUT2D eigenvalue weighted by Crippen LogP contribution is -2.55. The summed E-state index contributed by atoms with van der Waals surface area (Å²) in [5, 5.41) is 3.56. The summed E-state index contributed by atoms with van der Waals surface area (Å²) in [7, 11) is 1.78. The van der Waals surface area contributed by atoms with Crippen LogP contribution in [0, 0.1) is 5.92 Å². The van der Waals surface area contributed by atoms with Gasteiger partial charge in [-0.2, -0.15) is 0 Å². The summed E-state index contributed by atoms with van der Waals surface area (Å²) in [5.74, 6) is 0.748. The van der Waals surface area contributed by atoms with Crippen molar-refractivity contribution in [2.24, 2.45) is 5.92 Å². The smallest absolute Gasteiger partial charge is 0.134 e. The summed E-state index contributed by atoms with van der Waals surface area (Å²) >= 11 is 0. The van der Waals surface area contributed by atoms with Crippen molar-refractivity contribution < 1.29 is 9.47 Å². The Kier molecular flexibility index (Phi) is 7.32. The predicted octanol–water partition coefficient (Wildman–Crippen LogP) is 3.87. The molecule has 1 aliphatic carbocycles. The molecule has 20 heavy (non-hydrogen) atoms. The first kappa shape index (κ1) is 16.3. The van der Waals surface area contributed by atoms with Gasteiger partial charge in [-0.25, -0.2) is 0 Å². The van der Waals surface area contributed by atoms with Crippen molar-refractivity contribution in [2.45, 2.75) is 89.6 Å². The summed E-state index contributed by atoms with van der Waals surface area (Å²) in [6.45, 7) is 3.18. The summed E-state index contributed by atoms with van der Waals surface area (Å²) in [6.07, 6.45) is 14.1. The van der Waals surface area contributed by atoms with E-state index in [1.807, 2.05) is 0 Å². The number of rotatable bonds is 4. The SMILES string of the molecule is CCCC1O[C@@H](C2CCCCCCCC2)CN[C@H]1OC. The summed E-state index contributed by atoms with van der Waals surface area (Å²) < 4.78 is 11.9. The summed E-state index contributed by atoms with van der Waals surface area (Å²) in [5.41, 5.74) is 0. The minimum Gasteiger partial charge on any atom is -0.369 e. The van der Waals surface area contributed by atoms with Crippen LogP contribution in [0.25, 0.3) is 0 Å². The highest BCUT2D eigenvalue weighted by molar-refractivity contribution is 4.83. The van der Waals surface area contributed by atoms with E-state index in [4.69, 9.17) is 9.47 Å². The van der Waals surface area contributed by atoms with E-state index in [1.54, 1.807) is 7.11 Å². The molecule has 1 heterocycles. The molecule has 118 valence electrons. The van der Waals surface area contributed by atoms with Crippen molar-refractivity contribution in [1.29, 1.82) is 0 Å². The molecule has 1 N–H and O–H groups in total. The van der Waals surface area contributed by atoms with E-state index < -0.39 is 0 Å². The molecule has 0 spiro atoms. The molecular weight excluding hydrogens is 250 g/mol. The third-order valence-corrected chi connectivity index (χ3v) is 4.96. The zero-order valence-electron chi connectivity index (χ0n) is 13.4. The van der Waals surface area contributed by atoms with Gasteiger partial charge in [0.25, 0.3) is 0 Å². The lowest BCUT2D eigenvalue weighted by atomic mass is 9.90. The van der Waals surface area contributed by atoms with Crippen LogP contribution in [0.2, 0.25) is 0 Å². The highest BCUT2D eigenvalue weighted by atomic mass is 16.6. The van der Waals surface area contributed by atoms with Gasteiger partial charge in [0.2, 0.25) is 0 Å². The van der Waals surface area contributed by atoms with Gasteiger partial charge in [-0.1, -0.05) is 51.9 Å². The third-order valence-electron chi connectivity index (χ3n) is 4.96. The molecule has 2 fully saturated rings. The highest BCUT2D eigenvalue weighted by Crippen LogP contribution is 2.29. The summed E-state index contributed by atoms with van der Waals surface area (Å²) in [4.78, 5) is 0. The fraction of sp³-hybridized carbons (Fsp3) is 1.00. The van der Waals surface area contributed by atoms with Gasteiger partial charge in [-0.05, 0) is 25.2 Å². The lowest BCUT2D eigenvalue weighted by Gasteiger charge is -2.40. The van der Waals surface area contributed by atoms with E-state index >= 15 is 0 Å². The zero-order valence-corrected chi connectivity index (χ0v) is 13.4. The Morgan fingerprint density at radius 3 is 2.30 bits per heavy atom. The molecule has 3 heteroatoms. The van der Waals surface area contributed by atoms with E-state index in [-0.39, 0.29) is 12.3 Å². The Morgan fingerprint density at radius 1 is 1.05 bits per heavy atom. The van der Waals surface area contributed by atoms with Crippen LogP contribution in [-0.4, -0.2) is 32.1 Å². The molecule has 3 nitrogen and oxygen atoms in total. The fourth-order valence-electron chi connectivity index (χ4n) is 3.76. The predicted molar refractivity (Wildman–Crippen MR) is 82.8 cm³/mol. The Labute approximate surface area is 124 Å². The summed E-state index contributed by atoms with van der Waals surface area (Å²) in [6, 6.07) is 0. The highest BCUT2D eigenvalue weighted by Gasteiger charge is 2.34. The van der Waals surface area contributed by atoms with Crippen molar-refractivity contribution in [1.82, 2.24) is 5.32 Å². The molecule has 1 unspecified atom stereocenters. The molecule has 0 aromatic carbocycles. The minimum atomic E-state index is 0.0857. The molecule has 0 bridgehead atoms. The second kappa shape index (κ2) is 9.01. The largest absolute Gasteiger partial charge is 0.369 e. The van der Waals surface area contributed by atoms with Crippen LogP contribution >= 0.6 is 0 Å². The van der Waals surface area contributed by atoms with E-state index in [9.17, 15) is 0 Å². The van der Waals surface area contributed by atoms with Crippen LogP contribution in [0.3, 0.4) is 0 Å². The quantitative estimate of drug-likeness (QED) is 0.849. The average molecular weight is 283 g/mol. The normalized spacial score (nSPS) is 34.2. The molecule has 3 atom stereocenters. The Morgan fingerprint density at radius 2 is 1.70 bits per heavy atom. The number of ether oxygens (including phenoxy) is 2. The van der Waals surface area contributed by atoms with Gasteiger partial charge >= 0.3 is 0 Å². The van der Waals surface area contributed by atoms with Gasteiger partial charge in [0, 0.05) is 13.7 Å². The minimum absolute atomic E-state index is 0.0857. The maximum Gasteiger partial charge on any atom is 0.134 e. The van der Waals surface area contributed by atoms with Gasteiger partial charge in [-0.15, -0.1) is 0 Å². The Balaban J connectivity index is 1.89. The lowest BCUT2D eigenvalue weighted by molar-refractivity contribution is -0.154. The molecule has 1 saturated carbocycles. The zero-order chi connectivity index (χ0) is 14.2. The van der Waals surface area contributed by atoms with Crippen LogP contribution < -0.4 is 5.32 Å². The molecule has 0 radical (unpaired) electrons. The molecule has 0 amide bonds. The molecule has 0 aromatic rings. The number of hydrogen-bond donors (Lipinski definition) is 1. The van der Waals surface area contributed by atoms with Crippen LogP contribution in [0.15, 0.2) is 0 Å². The van der Waals surface area contributed by atoms with Crippen LogP contribution in [-0.2, 0) is 9.47 Å². The molecule has 1 aliphatic heterocycles. The van der Waals surface area contributed by atoms with Crippen molar-refractivity contribution >= 4 is 0 Å². The van der Waals surface area contributed by atoms with Crippen LogP contribution in [0.1, 0.15) is 71.1 Å². The monoisotopic (exact) mass is 283 g/mol. The molecule has 2 aliphatic rings. The van der Waals surface area contributed by atoms with Gasteiger partial charge in [0.05, 0.1) is 12.2 Å². The fourth-order valence-corrected chi connectivity index (χ4v) is 3.76. The van der Waals surface area contributed by atoms with E-state index in [1.165, 1.54) is 51.4 Å². The van der Waals surface area contributed by atoms with E-state index in [0.717, 1.165) is 25.3 Å². The molecule has 2 rings (SSSR count). The second-order valence-electron chi connectivity index (χ2n) is 6.52. The third kappa shape index (κ3) is 4.71. The second-order valence-corrected chi connectivity index (χ2v) is 6.52. The number of methoxy groups -OCH3 is 1. The average Bonchev–Trinajstić information content (AvgIpc) is 2.61. The van der Waals surface area contributed by atoms with Crippen molar-refractivity contribution in [2.75, 3.05) is 13.7 Å². The standard InChI is InChI=1S/C17H33NO2/c1-3-10-15-17(19-2)18-13-16(20-15)14-11-8-6-4-5-7-9-12-14/h14-18H,3-13H2,1-2H3/t15?,16-,17+/m1/s1. The van der Waals surface area contributed by atoms with Crippen LogP contribution in [0.5, 0.6) is 0 Å².